The minimum Gasteiger partial charge on any atom is -0.344 e. The fourth-order valence-corrected chi connectivity index (χ4v) is 3.77. The lowest BCUT2D eigenvalue weighted by molar-refractivity contribution is -0.123. The van der Waals surface area contributed by atoms with Gasteiger partial charge in [0.05, 0.1) is 6.54 Å². The zero-order valence-corrected chi connectivity index (χ0v) is 17.0. The van der Waals surface area contributed by atoms with Gasteiger partial charge in [-0.25, -0.2) is 4.79 Å². The van der Waals surface area contributed by atoms with Crippen LogP contribution < -0.4 is 5.32 Å². The molecule has 3 aromatic rings. The number of para-hydroxylation sites is 1. The van der Waals surface area contributed by atoms with Gasteiger partial charge in [-0.05, 0) is 38.0 Å². The van der Waals surface area contributed by atoms with Crippen LogP contribution in [0.15, 0.2) is 60.4 Å². The van der Waals surface area contributed by atoms with Crippen molar-refractivity contribution in [1.82, 2.24) is 14.8 Å². The molecule has 29 heavy (non-hydrogen) atoms. The van der Waals surface area contributed by atoms with Crippen LogP contribution >= 0.6 is 0 Å². The minimum absolute atomic E-state index is 0.262. The number of fused-ring (bicyclic) bond motifs is 1. The molecule has 1 atom stereocenters. The molecule has 4 rings (SSSR count). The lowest BCUT2D eigenvalue weighted by Gasteiger charge is -2.12. The minimum atomic E-state index is -0.381. The maximum atomic E-state index is 12.9. The van der Waals surface area contributed by atoms with Gasteiger partial charge in [0.15, 0.2) is 0 Å². The molecule has 1 aliphatic rings. The van der Waals surface area contributed by atoms with E-state index < -0.39 is 0 Å². The number of hydrogen-bond acceptors (Lipinski definition) is 2. The summed E-state index contributed by atoms with van der Waals surface area (Å²) >= 11 is 0. The predicted octanol–water partition coefficient (Wildman–Crippen LogP) is 5.01. The number of nitrogens with zero attached hydrogens (tertiary/aromatic N) is 2. The number of carbonyl (C=O) groups is 2. The Morgan fingerprint density at radius 1 is 1.10 bits per heavy atom. The van der Waals surface area contributed by atoms with Crippen molar-refractivity contribution in [3.05, 3.63) is 77.1 Å². The van der Waals surface area contributed by atoms with Gasteiger partial charge < -0.3 is 9.88 Å². The Labute approximate surface area is 170 Å². The molecule has 5 nitrogen and oxygen atoms in total. The zero-order valence-electron chi connectivity index (χ0n) is 17.0. The molecular weight excluding hydrogens is 362 g/mol. The molecule has 148 valence electrons. The van der Waals surface area contributed by atoms with Crippen LogP contribution in [0, 0.1) is 6.92 Å². The first-order chi connectivity index (χ1) is 14.0. The predicted molar refractivity (Wildman–Crippen MR) is 115 cm³/mol. The molecule has 1 aliphatic heterocycles. The Hall–Kier alpha value is -3.34. The summed E-state index contributed by atoms with van der Waals surface area (Å²) in [6.45, 7) is 6.59. The zero-order chi connectivity index (χ0) is 20.5. The molecule has 1 fully saturated rings. The number of carbonyl (C=O) groups excluding carboxylic acids is 2. The Kier molecular flexibility index (Phi) is 4.97. The topological polar surface area (TPSA) is 54.3 Å². The highest BCUT2D eigenvalue weighted by Crippen LogP contribution is 2.28. The Morgan fingerprint density at radius 2 is 1.90 bits per heavy atom. The molecular formula is C24H25N3O2. The van der Waals surface area contributed by atoms with E-state index in [2.05, 4.69) is 36.0 Å². The van der Waals surface area contributed by atoms with Gasteiger partial charge in [-0.1, -0.05) is 55.0 Å². The summed E-state index contributed by atoms with van der Waals surface area (Å²) in [4.78, 5) is 26.6. The van der Waals surface area contributed by atoms with E-state index in [1.165, 1.54) is 4.90 Å². The third-order valence-corrected chi connectivity index (χ3v) is 5.52. The average Bonchev–Trinajstić information content (AvgIpc) is 3.21. The van der Waals surface area contributed by atoms with Crippen molar-refractivity contribution in [2.24, 2.45) is 0 Å². The molecule has 3 amide bonds. The van der Waals surface area contributed by atoms with Crippen molar-refractivity contribution in [3.63, 3.8) is 0 Å². The van der Waals surface area contributed by atoms with Crippen LogP contribution in [0.25, 0.3) is 17.0 Å². The van der Waals surface area contributed by atoms with Crippen LogP contribution in [0.1, 0.15) is 43.0 Å². The van der Waals surface area contributed by atoms with Crippen LogP contribution in [-0.2, 0) is 11.3 Å². The van der Waals surface area contributed by atoms with E-state index in [1.807, 2.05) is 49.4 Å². The number of amides is 3. The van der Waals surface area contributed by atoms with Gasteiger partial charge in [0.1, 0.15) is 5.70 Å². The first kappa shape index (κ1) is 19.0. The molecule has 1 aromatic heterocycles. The van der Waals surface area contributed by atoms with Crippen molar-refractivity contribution < 1.29 is 9.59 Å². The highest BCUT2D eigenvalue weighted by molar-refractivity contribution is 6.14. The van der Waals surface area contributed by atoms with Crippen LogP contribution in [0.4, 0.5) is 4.79 Å². The van der Waals surface area contributed by atoms with Gasteiger partial charge in [0, 0.05) is 28.7 Å². The summed E-state index contributed by atoms with van der Waals surface area (Å²) in [5.41, 5.74) is 4.41. The largest absolute Gasteiger partial charge is 0.344 e. The number of aromatic nitrogens is 1. The first-order valence-corrected chi connectivity index (χ1v) is 9.97. The number of nitrogens with one attached hydrogen (secondary N) is 1. The van der Waals surface area contributed by atoms with Crippen LogP contribution in [-0.4, -0.2) is 21.4 Å². The van der Waals surface area contributed by atoms with Crippen molar-refractivity contribution >= 4 is 28.9 Å². The van der Waals surface area contributed by atoms with Crippen LogP contribution in [0.2, 0.25) is 0 Å². The Morgan fingerprint density at radius 3 is 2.66 bits per heavy atom. The molecule has 0 bridgehead atoms. The third kappa shape index (κ3) is 3.56. The second-order valence-electron chi connectivity index (χ2n) is 7.63. The SMILES string of the molecule is CC[C@H](C)n1cc(/C=C2/NC(=O)N(Cc3cccc(C)c3)C2=O)c2ccccc21. The Bertz CT molecular complexity index is 1130. The van der Waals surface area contributed by atoms with E-state index in [1.54, 1.807) is 6.08 Å². The normalized spacial score (nSPS) is 16.7. The van der Waals surface area contributed by atoms with E-state index >= 15 is 0 Å². The maximum absolute atomic E-state index is 12.9. The standard InChI is InChI=1S/C24H25N3O2/c1-4-17(3)26-15-19(20-10-5-6-11-22(20)26)13-21-23(28)27(24(29)25-21)14-18-9-7-8-16(2)12-18/h5-13,15,17H,4,14H2,1-3H3,(H,25,29)/b21-13+/t17-/m0/s1. The summed E-state index contributed by atoms with van der Waals surface area (Å²) < 4.78 is 2.23. The Balaban J connectivity index is 1.67. The van der Waals surface area contributed by atoms with Crippen LogP contribution in [0.5, 0.6) is 0 Å². The molecule has 0 saturated carbocycles. The number of rotatable bonds is 5. The van der Waals surface area contributed by atoms with Gasteiger partial charge in [-0.3, -0.25) is 9.69 Å². The summed E-state index contributed by atoms with van der Waals surface area (Å²) in [7, 11) is 0. The summed E-state index contributed by atoms with van der Waals surface area (Å²) in [6, 6.07) is 15.9. The molecule has 0 radical (unpaired) electrons. The second-order valence-corrected chi connectivity index (χ2v) is 7.63. The molecule has 0 aliphatic carbocycles. The number of imide groups is 1. The number of urea groups is 1. The monoisotopic (exact) mass is 387 g/mol. The highest BCUT2D eigenvalue weighted by Gasteiger charge is 2.33. The van der Waals surface area contributed by atoms with E-state index in [9.17, 15) is 9.59 Å². The van der Waals surface area contributed by atoms with Crippen molar-refractivity contribution in [3.8, 4) is 0 Å². The van der Waals surface area contributed by atoms with E-state index in [0.29, 0.717) is 11.7 Å². The third-order valence-electron chi connectivity index (χ3n) is 5.52. The van der Waals surface area contributed by atoms with Crippen LogP contribution in [0.3, 0.4) is 0 Å². The lowest BCUT2D eigenvalue weighted by Crippen LogP contribution is -2.30. The fraction of sp³-hybridized carbons (Fsp3) is 0.250. The summed E-state index contributed by atoms with van der Waals surface area (Å²) in [6.07, 6.45) is 4.86. The molecule has 2 heterocycles. The van der Waals surface area contributed by atoms with Gasteiger partial charge in [0.25, 0.3) is 5.91 Å². The summed E-state index contributed by atoms with van der Waals surface area (Å²) in [5, 5.41) is 3.81. The second kappa shape index (κ2) is 7.59. The van der Waals surface area contributed by atoms with E-state index in [0.717, 1.165) is 34.0 Å². The molecule has 5 heteroatoms. The van der Waals surface area contributed by atoms with Gasteiger partial charge in [-0.15, -0.1) is 0 Å². The number of benzene rings is 2. The van der Waals surface area contributed by atoms with Gasteiger partial charge in [0.2, 0.25) is 0 Å². The average molecular weight is 387 g/mol. The number of aryl methyl sites for hydroxylation is 1. The van der Waals surface area contributed by atoms with E-state index in [-0.39, 0.29) is 18.5 Å². The quantitative estimate of drug-likeness (QED) is 0.494. The van der Waals surface area contributed by atoms with Crippen molar-refractivity contribution in [2.75, 3.05) is 0 Å². The van der Waals surface area contributed by atoms with Gasteiger partial charge >= 0.3 is 6.03 Å². The fourth-order valence-electron chi connectivity index (χ4n) is 3.77. The van der Waals surface area contributed by atoms with Crippen molar-refractivity contribution in [2.45, 2.75) is 39.8 Å². The summed E-state index contributed by atoms with van der Waals surface area (Å²) in [5.74, 6) is -0.295. The molecule has 1 N–H and O–H groups in total. The first-order valence-electron chi connectivity index (χ1n) is 9.97. The lowest BCUT2D eigenvalue weighted by atomic mass is 10.1. The highest BCUT2D eigenvalue weighted by atomic mass is 16.2. The van der Waals surface area contributed by atoms with E-state index in [4.69, 9.17) is 0 Å². The molecule has 0 unspecified atom stereocenters. The molecule has 0 spiro atoms. The maximum Gasteiger partial charge on any atom is 0.329 e. The van der Waals surface area contributed by atoms with Crippen molar-refractivity contribution in [1.29, 1.82) is 0 Å². The molecule has 2 aromatic carbocycles. The van der Waals surface area contributed by atoms with Gasteiger partial charge in [-0.2, -0.15) is 0 Å². The molecule has 1 saturated heterocycles. The smallest absolute Gasteiger partial charge is 0.329 e. The number of hydrogen-bond donors (Lipinski definition) is 1.